The fourth-order valence-corrected chi connectivity index (χ4v) is 2.05. The zero-order valence-corrected chi connectivity index (χ0v) is 13.1. The van der Waals surface area contributed by atoms with Crippen molar-refractivity contribution < 1.29 is 4.79 Å². The van der Waals surface area contributed by atoms with Crippen LogP contribution in [0.3, 0.4) is 0 Å². The molecule has 0 aliphatic heterocycles. The van der Waals surface area contributed by atoms with Crippen molar-refractivity contribution in [3.8, 4) is 0 Å². The van der Waals surface area contributed by atoms with Crippen molar-refractivity contribution in [2.75, 3.05) is 17.2 Å². The van der Waals surface area contributed by atoms with Crippen LogP contribution in [0.1, 0.15) is 43.5 Å². The molecule has 5 heteroatoms. The molecule has 0 aliphatic carbocycles. The molecule has 0 radical (unpaired) electrons. The Labute approximate surface area is 131 Å². The van der Waals surface area contributed by atoms with Gasteiger partial charge in [0.1, 0.15) is 18.0 Å². The lowest BCUT2D eigenvalue weighted by atomic mass is 10.1. The van der Waals surface area contributed by atoms with Crippen molar-refractivity contribution in [1.82, 2.24) is 9.97 Å². The Hall–Kier alpha value is -2.43. The maximum Gasteiger partial charge on any atom is 0.159 e. The fourth-order valence-electron chi connectivity index (χ4n) is 2.05. The lowest BCUT2D eigenvalue weighted by molar-refractivity contribution is 0.101. The van der Waals surface area contributed by atoms with Crippen molar-refractivity contribution in [2.45, 2.75) is 33.1 Å². The summed E-state index contributed by atoms with van der Waals surface area (Å²) in [5, 5.41) is 6.50. The van der Waals surface area contributed by atoms with Gasteiger partial charge >= 0.3 is 0 Å². The first kappa shape index (κ1) is 15.9. The third-order valence-electron chi connectivity index (χ3n) is 3.32. The van der Waals surface area contributed by atoms with Crippen LogP contribution < -0.4 is 10.6 Å². The predicted octanol–water partition coefficient (Wildman–Crippen LogP) is 4.02. The highest BCUT2D eigenvalue weighted by atomic mass is 16.1. The molecule has 0 fully saturated rings. The molecule has 0 saturated carbocycles. The number of nitrogens with one attached hydrogen (secondary N) is 2. The molecular formula is C17H22N4O. The van der Waals surface area contributed by atoms with E-state index in [1.807, 2.05) is 18.2 Å². The summed E-state index contributed by atoms with van der Waals surface area (Å²) in [5.74, 6) is 1.60. The Morgan fingerprint density at radius 1 is 1.09 bits per heavy atom. The number of Topliss-reactive ketones (excluding diaryl/α,β-unsaturated/α-hetero) is 1. The normalized spacial score (nSPS) is 10.3. The SMILES string of the molecule is CCCCCNc1cc(Nc2ccc(C(C)=O)cc2)ncn1. The minimum absolute atomic E-state index is 0.0622. The number of unbranched alkanes of at least 4 members (excludes halogenated alkanes) is 2. The van der Waals surface area contributed by atoms with Crippen LogP contribution in [0.5, 0.6) is 0 Å². The Bertz CT molecular complexity index is 610. The van der Waals surface area contributed by atoms with Gasteiger partial charge in [0.2, 0.25) is 0 Å². The van der Waals surface area contributed by atoms with Crippen molar-refractivity contribution in [1.29, 1.82) is 0 Å². The van der Waals surface area contributed by atoms with E-state index < -0.39 is 0 Å². The molecule has 0 amide bonds. The number of hydrogen-bond acceptors (Lipinski definition) is 5. The molecule has 5 nitrogen and oxygen atoms in total. The van der Waals surface area contributed by atoms with Crippen LogP contribution in [0.15, 0.2) is 36.7 Å². The number of ketones is 1. The average molecular weight is 298 g/mol. The topological polar surface area (TPSA) is 66.9 Å². The predicted molar refractivity (Wildman–Crippen MR) is 89.8 cm³/mol. The Balaban J connectivity index is 1.96. The number of benzene rings is 1. The highest BCUT2D eigenvalue weighted by molar-refractivity contribution is 5.94. The van der Waals surface area contributed by atoms with Gasteiger partial charge in [-0.15, -0.1) is 0 Å². The smallest absolute Gasteiger partial charge is 0.159 e. The number of nitrogens with zero attached hydrogens (tertiary/aromatic N) is 2. The first-order valence-electron chi connectivity index (χ1n) is 7.63. The van der Waals surface area contributed by atoms with Gasteiger partial charge in [0.15, 0.2) is 5.78 Å². The van der Waals surface area contributed by atoms with E-state index in [9.17, 15) is 4.79 Å². The van der Waals surface area contributed by atoms with Crippen LogP contribution in [0.2, 0.25) is 0 Å². The summed E-state index contributed by atoms with van der Waals surface area (Å²) in [4.78, 5) is 19.7. The Morgan fingerprint density at radius 3 is 2.50 bits per heavy atom. The Morgan fingerprint density at radius 2 is 1.82 bits per heavy atom. The maximum atomic E-state index is 11.3. The van der Waals surface area contributed by atoms with E-state index in [4.69, 9.17) is 0 Å². The first-order valence-corrected chi connectivity index (χ1v) is 7.63. The summed E-state index contributed by atoms with van der Waals surface area (Å²) in [6.45, 7) is 4.66. The molecule has 0 spiro atoms. The van der Waals surface area contributed by atoms with Gasteiger partial charge in [0.25, 0.3) is 0 Å². The van der Waals surface area contributed by atoms with Gasteiger partial charge in [-0.1, -0.05) is 19.8 Å². The van der Waals surface area contributed by atoms with Gasteiger partial charge in [0, 0.05) is 23.9 Å². The zero-order chi connectivity index (χ0) is 15.8. The number of aromatic nitrogens is 2. The Kier molecular flexibility index (Phi) is 5.89. The van der Waals surface area contributed by atoms with E-state index in [1.54, 1.807) is 19.1 Å². The highest BCUT2D eigenvalue weighted by Crippen LogP contribution is 2.17. The molecule has 2 aromatic rings. The number of carbonyl (C=O) groups is 1. The van der Waals surface area contributed by atoms with E-state index in [2.05, 4.69) is 27.5 Å². The largest absolute Gasteiger partial charge is 0.370 e. The molecular weight excluding hydrogens is 276 g/mol. The van der Waals surface area contributed by atoms with Crippen LogP contribution in [-0.2, 0) is 0 Å². The summed E-state index contributed by atoms with van der Waals surface area (Å²) in [5.41, 5.74) is 1.59. The number of carbonyl (C=O) groups excluding carboxylic acids is 1. The molecule has 0 unspecified atom stereocenters. The van der Waals surface area contributed by atoms with Crippen LogP contribution in [-0.4, -0.2) is 22.3 Å². The van der Waals surface area contributed by atoms with Gasteiger partial charge in [-0.25, -0.2) is 9.97 Å². The molecule has 0 saturated heterocycles. The van der Waals surface area contributed by atoms with Gasteiger partial charge in [-0.2, -0.15) is 0 Å². The summed E-state index contributed by atoms with van der Waals surface area (Å²) in [7, 11) is 0. The van der Waals surface area contributed by atoms with Crippen LogP contribution in [0, 0.1) is 0 Å². The van der Waals surface area contributed by atoms with Gasteiger partial charge in [0.05, 0.1) is 0 Å². The average Bonchev–Trinajstić information content (AvgIpc) is 2.52. The molecule has 22 heavy (non-hydrogen) atoms. The highest BCUT2D eigenvalue weighted by Gasteiger charge is 2.01. The molecule has 0 atom stereocenters. The third kappa shape index (κ3) is 4.84. The number of hydrogen-bond donors (Lipinski definition) is 2. The zero-order valence-electron chi connectivity index (χ0n) is 13.1. The molecule has 2 N–H and O–H groups in total. The first-order chi connectivity index (χ1) is 10.7. The van der Waals surface area contributed by atoms with Gasteiger partial charge < -0.3 is 10.6 Å². The summed E-state index contributed by atoms with van der Waals surface area (Å²) in [6.07, 6.45) is 5.09. The third-order valence-corrected chi connectivity index (χ3v) is 3.32. The van der Waals surface area contributed by atoms with Crippen LogP contribution in [0.4, 0.5) is 17.3 Å². The summed E-state index contributed by atoms with van der Waals surface area (Å²) in [6, 6.07) is 9.22. The molecule has 0 bridgehead atoms. The van der Waals surface area contributed by atoms with E-state index in [0.29, 0.717) is 5.56 Å². The number of rotatable bonds is 8. The van der Waals surface area contributed by atoms with Gasteiger partial charge in [-0.05, 0) is 37.6 Å². The fraction of sp³-hybridized carbons (Fsp3) is 0.353. The monoisotopic (exact) mass is 298 g/mol. The van der Waals surface area contributed by atoms with Crippen molar-refractivity contribution in [2.24, 2.45) is 0 Å². The second kappa shape index (κ2) is 8.12. The minimum atomic E-state index is 0.0622. The van der Waals surface area contributed by atoms with E-state index in [-0.39, 0.29) is 5.78 Å². The lowest BCUT2D eigenvalue weighted by Gasteiger charge is -2.09. The molecule has 1 aromatic carbocycles. The van der Waals surface area contributed by atoms with Crippen molar-refractivity contribution in [3.05, 3.63) is 42.2 Å². The van der Waals surface area contributed by atoms with E-state index in [1.165, 1.54) is 19.2 Å². The minimum Gasteiger partial charge on any atom is -0.370 e. The second-order valence-electron chi connectivity index (χ2n) is 5.18. The molecule has 1 heterocycles. The van der Waals surface area contributed by atoms with E-state index >= 15 is 0 Å². The summed E-state index contributed by atoms with van der Waals surface area (Å²) < 4.78 is 0. The molecule has 116 valence electrons. The van der Waals surface area contributed by atoms with E-state index in [0.717, 1.165) is 30.3 Å². The second-order valence-corrected chi connectivity index (χ2v) is 5.18. The quantitative estimate of drug-likeness (QED) is 0.569. The van der Waals surface area contributed by atoms with Crippen LogP contribution >= 0.6 is 0 Å². The van der Waals surface area contributed by atoms with Crippen molar-refractivity contribution >= 4 is 23.1 Å². The standard InChI is InChI=1S/C17H22N4O/c1-3-4-5-10-18-16-11-17(20-12-19-16)21-15-8-6-14(7-9-15)13(2)22/h6-9,11-12H,3-5,10H2,1-2H3,(H2,18,19,20,21). The summed E-state index contributed by atoms with van der Waals surface area (Å²) >= 11 is 0. The lowest BCUT2D eigenvalue weighted by Crippen LogP contribution is -2.04. The van der Waals surface area contributed by atoms with Gasteiger partial charge in [-0.3, -0.25) is 4.79 Å². The molecule has 1 aromatic heterocycles. The number of anilines is 3. The van der Waals surface area contributed by atoms with Crippen molar-refractivity contribution in [3.63, 3.8) is 0 Å². The molecule has 0 aliphatic rings. The van der Waals surface area contributed by atoms with Crippen LogP contribution in [0.25, 0.3) is 0 Å². The molecule has 2 rings (SSSR count). The maximum absolute atomic E-state index is 11.3.